The van der Waals surface area contributed by atoms with Crippen molar-refractivity contribution in [2.24, 2.45) is 0 Å². The first kappa shape index (κ1) is 9.64. The molecule has 1 aromatic rings. The molecule has 13 heavy (non-hydrogen) atoms. The predicted molar refractivity (Wildman–Crippen MR) is 51.2 cm³/mol. The van der Waals surface area contributed by atoms with Gasteiger partial charge in [0.05, 0.1) is 0 Å². The van der Waals surface area contributed by atoms with Gasteiger partial charge in [-0.25, -0.2) is 9.15 Å². The molecular formula is C9H17N4+3. The third kappa shape index (κ3) is 3.19. The Morgan fingerprint density at radius 1 is 1.31 bits per heavy atom. The lowest BCUT2D eigenvalue weighted by atomic mass is 10.8. The maximum atomic E-state index is 3.78. The molecule has 0 bridgehead atoms. The van der Waals surface area contributed by atoms with E-state index in [1.54, 1.807) is 0 Å². The summed E-state index contributed by atoms with van der Waals surface area (Å²) in [6.45, 7) is 9.17. The Morgan fingerprint density at radius 3 is 2.54 bits per heavy atom. The van der Waals surface area contributed by atoms with Crippen molar-refractivity contribution < 1.29 is 13.7 Å². The zero-order valence-corrected chi connectivity index (χ0v) is 8.35. The minimum atomic E-state index is 0.799. The second-order valence-electron chi connectivity index (χ2n) is 3.44. The van der Waals surface area contributed by atoms with E-state index < -0.39 is 0 Å². The topological polar surface area (TPSA) is 14.8 Å². The summed E-state index contributed by atoms with van der Waals surface area (Å²) in [7, 11) is 3.88. The molecule has 0 radical (unpaired) electrons. The average Bonchev–Trinajstić information content (AvgIpc) is 2.33. The molecule has 0 amide bonds. The molecule has 0 atom stereocenters. The minimum absolute atomic E-state index is 0.799. The van der Waals surface area contributed by atoms with E-state index in [0.29, 0.717) is 0 Å². The van der Waals surface area contributed by atoms with Crippen LogP contribution >= 0.6 is 0 Å². The Labute approximate surface area is 78.7 Å². The molecule has 0 aliphatic rings. The van der Waals surface area contributed by atoms with E-state index in [1.807, 2.05) is 42.0 Å². The van der Waals surface area contributed by atoms with Gasteiger partial charge in [0.25, 0.3) is 19.7 Å². The molecule has 70 valence electrons. The summed E-state index contributed by atoms with van der Waals surface area (Å²) in [5, 5.41) is 0. The molecule has 0 unspecified atom stereocenters. The van der Waals surface area contributed by atoms with E-state index in [9.17, 15) is 0 Å². The van der Waals surface area contributed by atoms with Crippen molar-refractivity contribution in [3.8, 4) is 0 Å². The third-order valence-electron chi connectivity index (χ3n) is 1.56. The van der Waals surface area contributed by atoms with Gasteiger partial charge < -0.3 is 0 Å². The number of hydrogen-bond acceptors (Lipinski definition) is 0. The summed E-state index contributed by atoms with van der Waals surface area (Å²) in [4.78, 5) is 0. The molecule has 0 saturated heterocycles. The second-order valence-corrected chi connectivity index (χ2v) is 3.44. The van der Waals surface area contributed by atoms with Gasteiger partial charge in [-0.05, 0) is 0 Å². The summed E-state index contributed by atoms with van der Waals surface area (Å²) in [5.74, 6) is 0. The fourth-order valence-electron chi connectivity index (χ4n) is 1.16. The van der Waals surface area contributed by atoms with Crippen molar-refractivity contribution in [1.82, 2.24) is 4.57 Å². The van der Waals surface area contributed by atoms with Crippen molar-refractivity contribution in [2.45, 2.75) is 13.3 Å². The van der Waals surface area contributed by atoms with Gasteiger partial charge in [-0.3, -0.25) is 0 Å². The van der Waals surface area contributed by atoms with Crippen molar-refractivity contribution in [2.75, 3.05) is 14.1 Å². The smallest absolute Gasteiger partial charge is 0.207 e. The Kier molecular flexibility index (Phi) is 2.95. The SMILES string of the molecule is C=[N+](C)Cn1cc[n+](C[N+](=C)C)c1. The monoisotopic (exact) mass is 181 g/mol. The van der Waals surface area contributed by atoms with Crippen molar-refractivity contribution in [3.63, 3.8) is 0 Å². The lowest BCUT2D eigenvalue weighted by Crippen LogP contribution is -2.36. The van der Waals surface area contributed by atoms with Crippen LogP contribution in [0.25, 0.3) is 0 Å². The van der Waals surface area contributed by atoms with E-state index in [-0.39, 0.29) is 0 Å². The molecular weight excluding hydrogens is 164 g/mol. The van der Waals surface area contributed by atoms with Gasteiger partial charge in [-0.15, -0.1) is 0 Å². The molecule has 0 fully saturated rings. The minimum Gasteiger partial charge on any atom is -0.207 e. The van der Waals surface area contributed by atoms with E-state index in [4.69, 9.17) is 0 Å². The molecule has 4 nitrogen and oxygen atoms in total. The highest BCUT2D eigenvalue weighted by molar-refractivity contribution is 5.13. The van der Waals surface area contributed by atoms with Gasteiger partial charge in [0.2, 0.25) is 0 Å². The van der Waals surface area contributed by atoms with Crippen LogP contribution in [-0.4, -0.2) is 41.2 Å². The standard InChI is InChI=1S/C9H17N4/c1-10(2)7-12-5-6-13(9-12)8-11(3)4/h5-6,9H,1,3,7-8H2,2,4H3/q+3. The van der Waals surface area contributed by atoms with Crippen LogP contribution in [0.4, 0.5) is 0 Å². The van der Waals surface area contributed by atoms with E-state index in [1.165, 1.54) is 0 Å². The van der Waals surface area contributed by atoms with Crippen LogP contribution in [0.3, 0.4) is 0 Å². The fourth-order valence-corrected chi connectivity index (χ4v) is 1.16. The Morgan fingerprint density at radius 2 is 2.00 bits per heavy atom. The fraction of sp³-hybridized carbons (Fsp3) is 0.444. The lowest BCUT2D eigenvalue weighted by Gasteiger charge is -1.90. The van der Waals surface area contributed by atoms with E-state index in [0.717, 1.165) is 13.3 Å². The van der Waals surface area contributed by atoms with Crippen molar-refractivity contribution in [3.05, 3.63) is 18.7 Å². The average molecular weight is 181 g/mol. The first-order valence-electron chi connectivity index (χ1n) is 4.16. The van der Waals surface area contributed by atoms with E-state index in [2.05, 4.69) is 22.6 Å². The molecule has 0 aliphatic carbocycles. The number of rotatable bonds is 4. The van der Waals surface area contributed by atoms with Crippen molar-refractivity contribution in [1.29, 1.82) is 0 Å². The number of hydrogen-bond donors (Lipinski definition) is 0. The van der Waals surface area contributed by atoms with Gasteiger partial charge in [0.15, 0.2) is 0 Å². The molecule has 4 heteroatoms. The largest absolute Gasteiger partial charge is 0.283 e. The zero-order valence-electron chi connectivity index (χ0n) is 8.35. The lowest BCUT2D eigenvalue weighted by molar-refractivity contribution is -0.839. The van der Waals surface area contributed by atoms with Crippen LogP contribution in [0.1, 0.15) is 0 Å². The molecule has 0 aliphatic heterocycles. The molecule has 0 saturated carbocycles. The van der Waals surface area contributed by atoms with Gasteiger partial charge in [-0.1, -0.05) is 0 Å². The van der Waals surface area contributed by atoms with Crippen LogP contribution in [0.15, 0.2) is 18.7 Å². The highest BCUT2D eigenvalue weighted by Gasteiger charge is 2.07. The van der Waals surface area contributed by atoms with Crippen LogP contribution in [0.2, 0.25) is 0 Å². The van der Waals surface area contributed by atoms with Crippen LogP contribution in [0.5, 0.6) is 0 Å². The van der Waals surface area contributed by atoms with Gasteiger partial charge >= 0.3 is 0 Å². The number of aromatic nitrogens is 2. The Hall–Kier alpha value is -1.45. The van der Waals surface area contributed by atoms with Gasteiger partial charge in [-0.2, -0.15) is 9.13 Å². The second kappa shape index (κ2) is 3.98. The Balaban J connectivity index is 2.63. The Bertz CT molecular complexity index is 294. The van der Waals surface area contributed by atoms with Gasteiger partial charge in [0.1, 0.15) is 39.9 Å². The van der Waals surface area contributed by atoms with Crippen LogP contribution in [-0.2, 0) is 13.3 Å². The third-order valence-corrected chi connectivity index (χ3v) is 1.56. The molecule has 0 N–H and O–H groups in total. The summed E-state index contributed by atoms with van der Waals surface area (Å²) in [5.41, 5.74) is 0. The van der Waals surface area contributed by atoms with Crippen LogP contribution < -0.4 is 4.57 Å². The number of nitrogens with zero attached hydrogens (tertiary/aromatic N) is 4. The molecule has 1 rings (SSSR count). The maximum absolute atomic E-state index is 3.78. The first-order valence-corrected chi connectivity index (χ1v) is 4.16. The summed E-state index contributed by atoms with van der Waals surface area (Å²) >= 11 is 0. The highest BCUT2D eigenvalue weighted by Crippen LogP contribution is 1.83. The maximum Gasteiger partial charge on any atom is 0.283 e. The molecule has 1 aromatic heterocycles. The number of imidazole rings is 1. The molecule has 0 aromatic carbocycles. The summed E-state index contributed by atoms with van der Waals surface area (Å²) in [6, 6.07) is 0. The zero-order chi connectivity index (χ0) is 9.84. The normalized spacial score (nSPS) is 10.0. The highest BCUT2D eigenvalue weighted by atomic mass is 15.2. The quantitative estimate of drug-likeness (QED) is 0.434. The summed E-state index contributed by atoms with van der Waals surface area (Å²) in [6.07, 6.45) is 6.07. The molecule has 0 spiro atoms. The predicted octanol–water partition coefficient (Wildman–Crippen LogP) is -0.624. The van der Waals surface area contributed by atoms with Crippen molar-refractivity contribution >= 4 is 13.4 Å². The van der Waals surface area contributed by atoms with Gasteiger partial charge in [0, 0.05) is 0 Å². The van der Waals surface area contributed by atoms with E-state index >= 15 is 0 Å². The van der Waals surface area contributed by atoms with Crippen LogP contribution in [0, 0.1) is 0 Å². The molecule has 1 heterocycles. The first-order chi connectivity index (χ1) is 6.08. The summed E-state index contributed by atoms with van der Waals surface area (Å²) < 4.78 is 7.88.